The first kappa shape index (κ1) is 11.9. The molecule has 17 heavy (non-hydrogen) atoms. The van der Waals surface area contributed by atoms with E-state index in [0.29, 0.717) is 11.4 Å². The molecule has 0 unspecified atom stereocenters. The average molecular weight is 245 g/mol. The minimum atomic E-state index is 0.668. The van der Waals surface area contributed by atoms with Gasteiger partial charge in [0.25, 0.3) is 0 Å². The molecule has 0 fully saturated rings. The molecule has 2 N–H and O–H groups in total. The van der Waals surface area contributed by atoms with Gasteiger partial charge in [0.2, 0.25) is 0 Å². The van der Waals surface area contributed by atoms with Crippen LogP contribution in [0.1, 0.15) is 5.56 Å². The highest BCUT2D eigenvalue weighted by atomic mass is 32.2. The van der Waals surface area contributed by atoms with Gasteiger partial charge in [-0.05, 0) is 43.0 Å². The largest absolute Gasteiger partial charge is 0.454 e. The molecule has 88 valence electrons. The highest BCUT2D eigenvalue weighted by Crippen LogP contribution is 2.33. The van der Waals surface area contributed by atoms with Gasteiger partial charge in [0, 0.05) is 4.90 Å². The van der Waals surface area contributed by atoms with E-state index in [2.05, 4.69) is 0 Å². The molecule has 0 heterocycles. The van der Waals surface area contributed by atoms with Crippen LogP contribution in [0.2, 0.25) is 0 Å². The first-order valence-corrected chi connectivity index (χ1v) is 6.60. The van der Waals surface area contributed by atoms with Crippen molar-refractivity contribution in [2.45, 2.75) is 11.8 Å². The van der Waals surface area contributed by atoms with Gasteiger partial charge in [0.05, 0.1) is 5.69 Å². The second-order valence-electron chi connectivity index (χ2n) is 3.79. The summed E-state index contributed by atoms with van der Waals surface area (Å²) in [5.74, 6) is 1.55. The summed E-state index contributed by atoms with van der Waals surface area (Å²) in [7, 11) is 0. The van der Waals surface area contributed by atoms with Crippen molar-refractivity contribution in [3.05, 3.63) is 48.0 Å². The van der Waals surface area contributed by atoms with Crippen molar-refractivity contribution in [2.24, 2.45) is 0 Å². The molecule has 0 aromatic heterocycles. The zero-order valence-electron chi connectivity index (χ0n) is 9.94. The maximum absolute atomic E-state index is 5.93. The fourth-order valence-corrected chi connectivity index (χ4v) is 2.11. The number of rotatable bonds is 3. The summed E-state index contributed by atoms with van der Waals surface area (Å²) in [6, 6.07) is 13.7. The van der Waals surface area contributed by atoms with Gasteiger partial charge in [-0.2, -0.15) is 0 Å². The summed E-state index contributed by atoms with van der Waals surface area (Å²) in [6.45, 7) is 2.01. The van der Waals surface area contributed by atoms with E-state index >= 15 is 0 Å². The van der Waals surface area contributed by atoms with E-state index in [1.54, 1.807) is 11.8 Å². The summed E-state index contributed by atoms with van der Waals surface area (Å²) in [6.07, 6.45) is 2.03. The van der Waals surface area contributed by atoms with Crippen LogP contribution >= 0.6 is 11.8 Å². The molecule has 0 spiro atoms. The minimum Gasteiger partial charge on any atom is -0.454 e. The molecule has 0 bridgehead atoms. The van der Waals surface area contributed by atoms with E-state index in [1.165, 1.54) is 0 Å². The van der Waals surface area contributed by atoms with Crippen LogP contribution in [0, 0.1) is 6.92 Å². The lowest BCUT2D eigenvalue weighted by molar-refractivity contribution is 0.473. The topological polar surface area (TPSA) is 35.2 Å². The summed E-state index contributed by atoms with van der Waals surface area (Å²) in [5, 5.41) is 0. The molecule has 0 aliphatic carbocycles. The van der Waals surface area contributed by atoms with Crippen LogP contribution in [0.3, 0.4) is 0 Å². The molecule has 0 aliphatic rings. The number of para-hydroxylation sites is 1. The number of nitrogens with two attached hydrogens (primary N) is 1. The Bertz CT molecular complexity index is 525. The number of anilines is 1. The van der Waals surface area contributed by atoms with Crippen molar-refractivity contribution in [2.75, 3.05) is 12.0 Å². The number of benzene rings is 2. The van der Waals surface area contributed by atoms with E-state index < -0.39 is 0 Å². The Morgan fingerprint density at radius 3 is 2.53 bits per heavy atom. The molecule has 3 heteroatoms. The molecule has 0 radical (unpaired) electrons. The third-order valence-corrected chi connectivity index (χ3v) is 3.23. The molecular weight excluding hydrogens is 230 g/mol. The standard InChI is InChI=1S/C14H15NOS/c1-10-7-8-12(11(15)9-10)16-13-5-3-4-6-14(13)17-2/h3-9H,15H2,1-2H3. The predicted molar refractivity (Wildman–Crippen MR) is 73.9 cm³/mol. The lowest BCUT2D eigenvalue weighted by Gasteiger charge is -2.11. The second kappa shape index (κ2) is 5.15. The van der Waals surface area contributed by atoms with Crippen LogP contribution in [-0.2, 0) is 0 Å². The molecule has 2 aromatic rings. The smallest absolute Gasteiger partial charge is 0.150 e. The molecule has 0 amide bonds. The molecule has 0 saturated carbocycles. The summed E-state index contributed by atoms with van der Waals surface area (Å²) < 4.78 is 5.84. The summed E-state index contributed by atoms with van der Waals surface area (Å²) in [4.78, 5) is 1.10. The summed E-state index contributed by atoms with van der Waals surface area (Å²) >= 11 is 1.66. The van der Waals surface area contributed by atoms with E-state index in [-0.39, 0.29) is 0 Å². The maximum atomic E-state index is 5.93. The monoisotopic (exact) mass is 245 g/mol. The Morgan fingerprint density at radius 2 is 1.82 bits per heavy atom. The molecule has 0 aliphatic heterocycles. The Labute approximate surface area is 106 Å². The number of nitrogen functional groups attached to an aromatic ring is 1. The third kappa shape index (κ3) is 2.74. The average Bonchev–Trinajstić information content (AvgIpc) is 2.33. The van der Waals surface area contributed by atoms with Crippen LogP contribution in [0.15, 0.2) is 47.4 Å². The van der Waals surface area contributed by atoms with E-state index in [4.69, 9.17) is 10.5 Å². The number of hydrogen-bond acceptors (Lipinski definition) is 3. The van der Waals surface area contributed by atoms with Crippen LogP contribution in [0.4, 0.5) is 5.69 Å². The van der Waals surface area contributed by atoms with Crippen LogP contribution in [0.25, 0.3) is 0 Å². The first-order valence-electron chi connectivity index (χ1n) is 5.37. The van der Waals surface area contributed by atoms with Gasteiger partial charge in [0.15, 0.2) is 0 Å². The van der Waals surface area contributed by atoms with E-state index in [9.17, 15) is 0 Å². The fraction of sp³-hybridized carbons (Fsp3) is 0.143. The highest BCUT2D eigenvalue weighted by molar-refractivity contribution is 7.98. The van der Waals surface area contributed by atoms with Gasteiger partial charge >= 0.3 is 0 Å². The normalized spacial score (nSPS) is 10.2. The van der Waals surface area contributed by atoms with Gasteiger partial charge in [-0.15, -0.1) is 11.8 Å². The molecule has 2 rings (SSSR count). The second-order valence-corrected chi connectivity index (χ2v) is 4.64. The van der Waals surface area contributed by atoms with Crippen LogP contribution in [0.5, 0.6) is 11.5 Å². The van der Waals surface area contributed by atoms with Crippen molar-refractivity contribution in [3.8, 4) is 11.5 Å². The highest BCUT2D eigenvalue weighted by Gasteiger charge is 2.05. The molecular formula is C14H15NOS. The van der Waals surface area contributed by atoms with Gasteiger partial charge in [0.1, 0.15) is 11.5 Å². The van der Waals surface area contributed by atoms with E-state index in [0.717, 1.165) is 16.2 Å². The molecule has 2 aromatic carbocycles. The van der Waals surface area contributed by atoms with Gasteiger partial charge < -0.3 is 10.5 Å². The zero-order valence-corrected chi connectivity index (χ0v) is 10.8. The zero-order chi connectivity index (χ0) is 12.3. The quantitative estimate of drug-likeness (QED) is 0.653. The van der Waals surface area contributed by atoms with Crippen molar-refractivity contribution in [1.29, 1.82) is 0 Å². The maximum Gasteiger partial charge on any atom is 0.150 e. The Morgan fingerprint density at radius 1 is 1.06 bits per heavy atom. The predicted octanol–water partition coefficient (Wildman–Crippen LogP) is 4.09. The van der Waals surface area contributed by atoms with Crippen LogP contribution < -0.4 is 10.5 Å². The van der Waals surface area contributed by atoms with Gasteiger partial charge in [-0.3, -0.25) is 0 Å². The Kier molecular flexibility index (Phi) is 3.59. The van der Waals surface area contributed by atoms with Crippen molar-refractivity contribution in [1.82, 2.24) is 0 Å². The Balaban J connectivity index is 2.31. The number of aryl methyl sites for hydroxylation is 1. The Hall–Kier alpha value is -1.61. The molecule has 0 atom stereocenters. The number of thioether (sulfide) groups is 1. The van der Waals surface area contributed by atoms with Gasteiger partial charge in [-0.25, -0.2) is 0 Å². The van der Waals surface area contributed by atoms with Crippen LogP contribution in [-0.4, -0.2) is 6.26 Å². The van der Waals surface area contributed by atoms with E-state index in [1.807, 2.05) is 55.6 Å². The first-order chi connectivity index (χ1) is 8.20. The molecule has 0 saturated heterocycles. The number of ether oxygens (including phenoxy) is 1. The van der Waals surface area contributed by atoms with Crippen molar-refractivity contribution in [3.63, 3.8) is 0 Å². The summed E-state index contributed by atoms with van der Waals surface area (Å²) in [5.41, 5.74) is 7.73. The molecule has 2 nitrogen and oxygen atoms in total. The SMILES string of the molecule is CSc1ccccc1Oc1ccc(C)cc1N. The van der Waals surface area contributed by atoms with Gasteiger partial charge in [-0.1, -0.05) is 18.2 Å². The fourth-order valence-electron chi connectivity index (χ4n) is 1.58. The lowest BCUT2D eigenvalue weighted by Crippen LogP contribution is -1.93. The third-order valence-electron chi connectivity index (χ3n) is 2.45. The van der Waals surface area contributed by atoms with Crippen molar-refractivity contribution >= 4 is 17.4 Å². The minimum absolute atomic E-state index is 0.668. The number of hydrogen-bond donors (Lipinski definition) is 1. The van der Waals surface area contributed by atoms with Crippen molar-refractivity contribution < 1.29 is 4.74 Å². The lowest BCUT2D eigenvalue weighted by atomic mass is 10.2.